The van der Waals surface area contributed by atoms with E-state index < -0.39 is 0 Å². The summed E-state index contributed by atoms with van der Waals surface area (Å²) in [6.07, 6.45) is 1.93. The molecule has 1 unspecified atom stereocenters. The van der Waals surface area contributed by atoms with Crippen molar-refractivity contribution in [2.45, 2.75) is 25.3 Å². The first-order chi connectivity index (χ1) is 12.2. The Kier molecular flexibility index (Phi) is 6.09. The maximum absolute atomic E-state index is 12.2. The molecular weight excluding hydrogens is 338 g/mol. The molecule has 2 aliphatic heterocycles. The summed E-state index contributed by atoms with van der Waals surface area (Å²) < 4.78 is 0. The third-order valence-corrected chi connectivity index (χ3v) is 5.57. The minimum Gasteiger partial charge on any atom is -0.356 e. The fourth-order valence-electron chi connectivity index (χ4n) is 3.11. The summed E-state index contributed by atoms with van der Waals surface area (Å²) in [5, 5.41) is 6.26. The molecule has 6 nitrogen and oxygen atoms in total. The topological polar surface area (TPSA) is 78.5 Å². The van der Waals surface area contributed by atoms with Crippen LogP contribution in [0.3, 0.4) is 0 Å². The van der Waals surface area contributed by atoms with Gasteiger partial charge in [-0.15, -0.1) is 0 Å². The molecule has 0 aromatic heterocycles. The van der Waals surface area contributed by atoms with Crippen molar-refractivity contribution in [2.75, 3.05) is 31.1 Å². The Balaban J connectivity index is 1.34. The lowest BCUT2D eigenvalue weighted by molar-refractivity contribution is -0.121. The van der Waals surface area contributed by atoms with E-state index >= 15 is 0 Å². The molecule has 0 spiro atoms. The van der Waals surface area contributed by atoms with Crippen LogP contribution in [0, 0.1) is 0 Å². The van der Waals surface area contributed by atoms with Crippen molar-refractivity contribution in [1.82, 2.24) is 15.5 Å². The van der Waals surface area contributed by atoms with E-state index in [1.165, 1.54) is 4.90 Å². The maximum Gasteiger partial charge on any atom is 0.261 e. The molecule has 2 aliphatic rings. The summed E-state index contributed by atoms with van der Waals surface area (Å²) in [6.45, 7) is 1.92. The average molecular weight is 361 g/mol. The molecule has 1 aromatic rings. The fraction of sp³-hybridized carbons (Fsp3) is 0.500. The molecule has 2 N–H and O–H groups in total. The highest BCUT2D eigenvalue weighted by Crippen LogP contribution is 2.22. The van der Waals surface area contributed by atoms with Gasteiger partial charge in [0, 0.05) is 43.6 Å². The number of thioether (sulfide) groups is 1. The lowest BCUT2D eigenvalue weighted by Crippen LogP contribution is -2.41. The second-order valence-corrected chi connectivity index (χ2v) is 7.44. The predicted molar refractivity (Wildman–Crippen MR) is 97.8 cm³/mol. The van der Waals surface area contributed by atoms with Gasteiger partial charge in [0.25, 0.3) is 11.8 Å². The highest BCUT2D eigenvalue weighted by atomic mass is 32.2. The minimum absolute atomic E-state index is 0.0562. The Morgan fingerprint density at radius 3 is 2.56 bits per heavy atom. The Morgan fingerprint density at radius 1 is 1.20 bits per heavy atom. The maximum atomic E-state index is 12.2. The Labute approximate surface area is 151 Å². The molecule has 0 aliphatic carbocycles. The van der Waals surface area contributed by atoms with Gasteiger partial charge >= 0.3 is 0 Å². The van der Waals surface area contributed by atoms with Crippen LogP contribution in [0.5, 0.6) is 0 Å². The van der Waals surface area contributed by atoms with E-state index in [1.807, 2.05) is 11.8 Å². The largest absolute Gasteiger partial charge is 0.356 e. The van der Waals surface area contributed by atoms with Gasteiger partial charge in [-0.25, -0.2) is 0 Å². The Hall–Kier alpha value is -1.86. The SMILES string of the molecule is O=C(CC1CSCCN1)NCCCCN1C(=O)c2ccccc2C1=O. The fourth-order valence-corrected chi connectivity index (χ4v) is 4.06. The molecule has 134 valence electrons. The van der Waals surface area contributed by atoms with Crippen molar-refractivity contribution in [3.8, 4) is 0 Å². The number of benzene rings is 1. The van der Waals surface area contributed by atoms with Crippen LogP contribution < -0.4 is 10.6 Å². The van der Waals surface area contributed by atoms with E-state index in [0.717, 1.165) is 24.5 Å². The molecule has 0 bridgehead atoms. The Morgan fingerprint density at radius 2 is 1.92 bits per heavy atom. The summed E-state index contributed by atoms with van der Waals surface area (Å²) in [6, 6.07) is 7.17. The number of nitrogens with zero attached hydrogens (tertiary/aromatic N) is 1. The number of amides is 3. The van der Waals surface area contributed by atoms with Gasteiger partial charge in [-0.1, -0.05) is 12.1 Å². The number of fused-ring (bicyclic) bond motifs is 1. The van der Waals surface area contributed by atoms with Crippen molar-refractivity contribution in [2.24, 2.45) is 0 Å². The normalized spacial score (nSPS) is 19.8. The standard InChI is InChI=1S/C18H23N3O3S/c22-16(11-13-12-25-10-8-19-13)20-7-3-4-9-21-17(23)14-5-1-2-6-15(14)18(21)24/h1-2,5-6,13,19H,3-4,7-12H2,(H,20,22). The van der Waals surface area contributed by atoms with Crippen LogP contribution in [0.1, 0.15) is 40.0 Å². The molecule has 0 saturated carbocycles. The number of unbranched alkanes of at least 4 members (excludes halogenated alkanes) is 1. The molecular formula is C18H23N3O3S. The van der Waals surface area contributed by atoms with Crippen LogP contribution in [0.25, 0.3) is 0 Å². The van der Waals surface area contributed by atoms with Gasteiger partial charge in [0.1, 0.15) is 0 Å². The zero-order valence-electron chi connectivity index (χ0n) is 14.1. The number of hydrogen-bond donors (Lipinski definition) is 2. The van der Waals surface area contributed by atoms with Crippen LogP contribution in [0.2, 0.25) is 0 Å². The lowest BCUT2D eigenvalue weighted by Gasteiger charge is -2.22. The number of imide groups is 1. The van der Waals surface area contributed by atoms with Crippen molar-refractivity contribution >= 4 is 29.5 Å². The third kappa shape index (κ3) is 4.41. The van der Waals surface area contributed by atoms with Gasteiger partial charge in [0.15, 0.2) is 0 Å². The second-order valence-electron chi connectivity index (χ2n) is 6.29. The van der Waals surface area contributed by atoms with Crippen LogP contribution in [0.4, 0.5) is 0 Å². The number of carbonyl (C=O) groups is 3. The van der Waals surface area contributed by atoms with E-state index in [9.17, 15) is 14.4 Å². The first kappa shape index (κ1) is 17.9. The zero-order valence-corrected chi connectivity index (χ0v) is 14.9. The summed E-state index contributed by atoms with van der Waals surface area (Å²) in [5.74, 6) is 1.71. The summed E-state index contributed by atoms with van der Waals surface area (Å²) >= 11 is 1.87. The van der Waals surface area contributed by atoms with E-state index in [-0.39, 0.29) is 23.8 Å². The van der Waals surface area contributed by atoms with Gasteiger partial charge in [-0.3, -0.25) is 19.3 Å². The van der Waals surface area contributed by atoms with Crippen molar-refractivity contribution in [3.05, 3.63) is 35.4 Å². The van der Waals surface area contributed by atoms with E-state index in [1.54, 1.807) is 24.3 Å². The van der Waals surface area contributed by atoms with Crippen LogP contribution >= 0.6 is 11.8 Å². The number of carbonyl (C=O) groups excluding carboxylic acids is 3. The van der Waals surface area contributed by atoms with Gasteiger partial charge in [-0.2, -0.15) is 11.8 Å². The lowest BCUT2D eigenvalue weighted by atomic mass is 10.1. The smallest absolute Gasteiger partial charge is 0.261 e. The molecule has 0 radical (unpaired) electrons. The Bertz CT molecular complexity index is 624. The minimum atomic E-state index is -0.217. The van der Waals surface area contributed by atoms with Crippen molar-refractivity contribution < 1.29 is 14.4 Å². The van der Waals surface area contributed by atoms with Crippen LogP contribution in [0.15, 0.2) is 24.3 Å². The molecule has 1 saturated heterocycles. The molecule has 2 heterocycles. The van der Waals surface area contributed by atoms with Gasteiger partial charge < -0.3 is 10.6 Å². The second kappa shape index (κ2) is 8.49. The molecule has 3 amide bonds. The van der Waals surface area contributed by atoms with E-state index in [0.29, 0.717) is 37.1 Å². The third-order valence-electron chi connectivity index (χ3n) is 4.44. The monoisotopic (exact) mass is 361 g/mol. The zero-order chi connectivity index (χ0) is 17.6. The molecule has 1 fully saturated rings. The number of nitrogens with one attached hydrogen (secondary N) is 2. The molecule has 1 atom stereocenters. The highest BCUT2D eigenvalue weighted by molar-refractivity contribution is 7.99. The quantitative estimate of drug-likeness (QED) is 0.565. The van der Waals surface area contributed by atoms with Crippen LogP contribution in [-0.4, -0.2) is 59.8 Å². The van der Waals surface area contributed by atoms with E-state index in [4.69, 9.17) is 0 Å². The highest BCUT2D eigenvalue weighted by Gasteiger charge is 2.34. The first-order valence-electron chi connectivity index (χ1n) is 8.70. The predicted octanol–water partition coefficient (Wildman–Crippen LogP) is 1.27. The first-order valence-corrected chi connectivity index (χ1v) is 9.85. The number of hydrogen-bond acceptors (Lipinski definition) is 5. The molecule has 1 aromatic carbocycles. The molecule has 3 rings (SSSR count). The summed E-state index contributed by atoms with van der Waals surface area (Å²) in [7, 11) is 0. The summed E-state index contributed by atoms with van der Waals surface area (Å²) in [5.41, 5.74) is 0.970. The van der Waals surface area contributed by atoms with Gasteiger partial charge in [0.05, 0.1) is 11.1 Å². The molecule has 7 heteroatoms. The van der Waals surface area contributed by atoms with E-state index in [2.05, 4.69) is 10.6 Å². The average Bonchev–Trinajstić information content (AvgIpc) is 2.87. The van der Waals surface area contributed by atoms with Crippen LogP contribution in [-0.2, 0) is 4.79 Å². The number of rotatable bonds is 7. The van der Waals surface area contributed by atoms with Crippen molar-refractivity contribution in [1.29, 1.82) is 0 Å². The molecule has 25 heavy (non-hydrogen) atoms. The summed E-state index contributed by atoms with van der Waals surface area (Å²) in [4.78, 5) is 37.7. The van der Waals surface area contributed by atoms with Gasteiger partial charge in [0.2, 0.25) is 5.91 Å². The van der Waals surface area contributed by atoms with Crippen molar-refractivity contribution in [3.63, 3.8) is 0 Å². The van der Waals surface area contributed by atoms with Gasteiger partial charge in [-0.05, 0) is 25.0 Å².